The highest BCUT2D eigenvalue weighted by molar-refractivity contribution is 5.97. The van der Waals surface area contributed by atoms with Crippen LogP contribution in [0.1, 0.15) is 11.1 Å². The van der Waals surface area contributed by atoms with Crippen LogP contribution in [-0.2, 0) is 22.6 Å². The second-order valence-electron chi connectivity index (χ2n) is 8.06. The molecular weight excluding hydrogens is 376 g/mol. The monoisotopic (exact) mass is 400 g/mol. The first-order valence-corrected chi connectivity index (χ1v) is 10.4. The Kier molecular flexibility index (Phi) is 4.93. The van der Waals surface area contributed by atoms with Gasteiger partial charge in [0.25, 0.3) is 0 Å². The molecule has 2 amide bonds. The fraction of sp³-hybridized carbons (Fsp3) is 0.292. The Hall–Kier alpha value is -3.25. The lowest BCUT2D eigenvalue weighted by Gasteiger charge is -2.45. The summed E-state index contributed by atoms with van der Waals surface area (Å²) < 4.78 is 0. The van der Waals surface area contributed by atoms with Gasteiger partial charge in [0.1, 0.15) is 12.1 Å². The Balaban J connectivity index is 1.26. The Morgan fingerprint density at radius 2 is 1.83 bits per heavy atom. The highest BCUT2D eigenvalue weighted by atomic mass is 16.2. The number of carbonyl (C=O) groups excluding carboxylic acids is 2. The van der Waals surface area contributed by atoms with Crippen molar-refractivity contribution in [1.82, 2.24) is 20.1 Å². The minimum atomic E-state index is -0.476. The van der Waals surface area contributed by atoms with E-state index in [-0.39, 0.29) is 11.8 Å². The van der Waals surface area contributed by atoms with Crippen LogP contribution in [0.4, 0.5) is 0 Å². The van der Waals surface area contributed by atoms with Crippen LogP contribution in [0.25, 0.3) is 10.9 Å². The molecule has 2 aromatic carbocycles. The standard InChI is InChI=1S/C24H24N4O2/c29-23-22-16-27(15-18-8-9-20-19(13-18)7-4-10-25-20)11-12-28(22)24(30)21(26-23)14-17-5-2-1-3-6-17/h1-10,13,21-22H,11-12,14-16H2,(H,26,29)/t21-,22-/m1/s1. The third kappa shape index (κ3) is 3.66. The number of hydrogen-bond acceptors (Lipinski definition) is 4. The average molecular weight is 400 g/mol. The number of aromatic nitrogens is 1. The third-order valence-electron chi connectivity index (χ3n) is 6.02. The molecule has 2 fully saturated rings. The van der Waals surface area contributed by atoms with Crippen molar-refractivity contribution in [2.45, 2.75) is 25.0 Å². The summed E-state index contributed by atoms with van der Waals surface area (Å²) in [5.74, 6) is -0.0252. The van der Waals surface area contributed by atoms with Crippen molar-refractivity contribution in [2.75, 3.05) is 19.6 Å². The maximum Gasteiger partial charge on any atom is 0.246 e. The highest BCUT2D eigenvalue weighted by Gasteiger charge is 2.43. The third-order valence-corrected chi connectivity index (χ3v) is 6.02. The van der Waals surface area contributed by atoms with E-state index in [0.717, 1.165) is 29.6 Å². The van der Waals surface area contributed by atoms with Crippen LogP contribution >= 0.6 is 0 Å². The van der Waals surface area contributed by atoms with Gasteiger partial charge in [-0.1, -0.05) is 42.5 Å². The smallest absolute Gasteiger partial charge is 0.246 e. The Morgan fingerprint density at radius 1 is 0.967 bits per heavy atom. The molecule has 5 rings (SSSR count). The first-order chi connectivity index (χ1) is 14.7. The van der Waals surface area contributed by atoms with Crippen molar-refractivity contribution >= 4 is 22.7 Å². The van der Waals surface area contributed by atoms with Gasteiger partial charge >= 0.3 is 0 Å². The molecule has 1 N–H and O–H groups in total. The van der Waals surface area contributed by atoms with E-state index < -0.39 is 12.1 Å². The zero-order chi connectivity index (χ0) is 20.5. The SMILES string of the molecule is O=C1N[C@H](Cc2ccccc2)C(=O)N2CCN(Cc3ccc4ncccc4c3)C[C@H]12. The molecule has 2 saturated heterocycles. The van der Waals surface area contributed by atoms with Crippen LogP contribution in [-0.4, -0.2) is 58.3 Å². The maximum absolute atomic E-state index is 13.0. The number of nitrogens with one attached hydrogen (secondary N) is 1. The summed E-state index contributed by atoms with van der Waals surface area (Å²) >= 11 is 0. The van der Waals surface area contributed by atoms with Crippen molar-refractivity contribution in [3.8, 4) is 0 Å². The Bertz CT molecular complexity index is 1080. The van der Waals surface area contributed by atoms with Gasteiger partial charge in [-0.15, -0.1) is 0 Å². The second-order valence-corrected chi connectivity index (χ2v) is 8.06. The predicted molar refractivity (Wildman–Crippen MR) is 115 cm³/mol. The van der Waals surface area contributed by atoms with Crippen molar-refractivity contribution < 1.29 is 9.59 Å². The molecule has 0 aliphatic carbocycles. The molecule has 30 heavy (non-hydrogen) atoms. The molecule has 6 heteroatoms. The summed E-state index contributed by atoms with van der Waals surface area (Å²) in [5.41, 5.74) is 3.22. The second kappa shape index (κ2) is 7.88. The van der Waals surface area contributed by atoms with E-state index in [1.165, 1.54) is 5.56 Å². The molecule has 3 heterocycles. The summed E-state index contributed by atoms with van der Waals surface area (Å²) in [5, 5.41) is 4.07. The van der Waals surface area contributed by atoms with Crippen LogP contribution in [0.15, 0.2) is 66.9 Å². The Morgan fingerprint density at radius 3 is 2.70 bits per heavy atom. The van der Waals surface area contributed by atoms with E-state index in [1.807, 2.05) is 42.5 Å². The average Bonchev–Trinajstić information content (AvgIpc) is 2.78. The van der Waals surface area contributed by atoms with Gasteiger partial charge in [-0.25, -0.2) is 0 Å². The molecule has 0 spiro atoms. The lowest BCUT2D eigenvalue weighted by molar-refractivity contribution is -0.153. The molecule has 1 aromatic heterocycles. The predicted octanol–water partition coefficient (Wildman–Crippen LogP) is 1.99. The van der Waals surface area contributed by atoms with Crippen molar-refractivity contribution in [2.24, 2.45) is 0 Å². The summed E-state index contributed by atoms with van der Waals surface area (Å²) in [6.07, 6.45) is 2.33. The number of benzene rings is 2. The zero-order valence-corrected chi connectivity index (χ0v) is 16.7. The first kappa shape index (κ1) is 18.8. The van der Waals surface area contributed by atoms with E-state index >= 15 is 0 Å². The molecule has 0 radical (unpaired) electrons. The van der Waals surface area contributed by atoms with E-state index in [1.54, 1.807) is 11.1 Å². The fourth-order valence-corrected chi connectivity index (χ4v) is 4.47. The largest absolute Gasteiger partial charge is 0.342 e. The molecule has 2 aliphatic rings. The quantitative estimate of drug-likeness (QED) is 0.728. The fourth-order valence-electron chi connectivity index (χ4n) is 4.47. The van der Waals surface area contributed by atoms with Crippen molar-refractivity contribution in [3.63, 3.8) is 0 Å². The number of carbonyl (C=O) groups is 2. The molecule has 0 saturated carbocycles. The van der Waals surface area contributed by atoms with Gasteiger partial charge in [-0.2, -0.15) is 0 Å². The van der Waals surface area contributed by atoms with Gasteiger partial charge in [0.2, 0.25) is 11.8 Å². The van der Waals surface area contributed by atoms with Crippen LogP contribution in [0.3, 0.4) is 0 Å². The van der Waals surface area contributed by atoms with E-state index in [9.17, 15) is 9.59 Å². The summed E-state index contributed by atoms with van der Waals surface area (Å²) in [4.78, 5) is 34.2. The molecule has 2 atom stereocenters. The summed E-state index contributed by atoms with van der Waals surface area (Å²) in [6.45, 7) is 2.65. The highest BCUT2D eigenvalue weighted by Crippen LogP contribution is 2.21. The van der Waals surface area contributed by atoms with E-state index in [4.69, 9.17) is 0 Å². The molecule has 3 aromatic rings. The van der Waals surface area contributed by atoms with Gasteiger partial charge in [0.15, 0.2) is 0 Å². The summed E-state index contributed by atoms with van der Waals surface area (Å²) in [6, 6.07) is 19.2. The number of pyridine rings is 1. The van der Waals surface area contributed by atoms with Crippen LogP contribution in [0.5, 0.6) is 0 Å². The minimum absolute atomic E-state index is 0.0277. The maximum atomic E-state index is 13.0. The van der Waals surface area contributed by atoms with Gasteiger partial charge < -0.3 is 10.2 Å². The number of piperazine rings is 2. The topological polar surface area (TPSA) is 65.5 Å². The van der Waals surface area contributed by atoms with Gasteiger partial charge in [0.05, 0.1) is 5.52 Å². The number of amides is 2. The number of nitrogens with zero attached hydrogens (tertiary/aromatic N) is 3. The molecule has 0 unspecified atom stereocenters. The lowest BCUT2D eigenvalue weighted by atomic mass is 9.98. The van der Waals surface area contributed by atoms with Gasteiger partial charge in [-0.3, -0.25) is 19.5 Å². The van der Waals surface area contributed by atoms with Crippen molar-refractivity contribution in [1.29, 1.82) is 0 Å². The first-order valence-electron chi connectivity index (χ1n) is 10.4. The normalized spacial score (nSPS) is 22.1. The van der Waals surface area contributed by atoms with E-state index in [2.05, 4.69) is 33.4 Å². The number of rotatable bonds is 4. The van der Waals surface area contributed by atoms with Crippen LogP contribution in [0.2, 0.25) is 0 Å². The zero-order valence-electron chi connectivity index (χ0n) is 16.7. The number of fused-ring (bicyclic) bond motifs is 2. The van der Waals surface area contributed by atoms with Gasteiger partial charge in [0, 0.05) is 44.2 Å². The van der Waals surface area contributed by atoms with Gasteiger partial charge in [-0.05, 0) is 29.3 Å². The molecule has 0 bridgehead atoms. The lowest BCUT2D eigenvalue weighted by Crippen LogP contribution is -2.69. The molecule has 6 nitrogen and oxygen atoms in total. The Labute approximate surface area is 175 Å². The van der Waals surface area contributed by atoms with Crippen LogP contribution in [0, 0.1) is 0 Å². The van der Waals surface area contributed by atoms with Crippen LogP contribution < -0.4 is 5.32 Å². The molecule has 152 valence electrons. The van der Waals surface area contributed by atoms with Crippen molar-refractivity contribution in [3.05, 3.63) is 78.0 Å². The minimum Gasteiger partial charge on any atom is -0.342 e. The van der Waals surface area contributed by atoms with E-state index in [0.29, 0.717) is 19.5 Å². The number of hydrogen-bond donors (Lipinski definition) is 1. The molecule has 2 aliphatic heterocycles. The summed E-state index contributed by atoms with van der Waals surface area (Å²) in [7, 11) is 0. The molecular formula is C24H24N4O2.